The van der Waals surface area contributed by atoms with E-state index in [1.807, 2.05) is 13.8 Å². The van der Waals surface area contributed by atoms with E-state index in [1.165, 1.54) is 12.1 Å². The fourth-order valence-electron chi connectivity index (χ4n) is 1.60. The number of nitrogens with two attached hydrogens (primary N) is 1. The lowest BCUT2D eigenvalue weighted by Gasteiger charge is -2.12. The molecule has 0 radical (unpaired) electrons. The second kappa shape index (κ2) is 5.08. The zero-order chi connectivity index (χ0) is 13.1. The van der Waals surface area contributed by atoms with E-state index in [4.69, 9.17) is 5.73 Å². The number of hydrogen-bond acceptors (Lipinski definition) is 1. The Labute approximate surface area is 98.1 Å². The third-order valence-corrected chi connectivity index (χ3v) is 2.24. The highest BCUT2D eigenvalue weighted by Gasteiger charge is 2.34. The lowest BCUT2D eigenvalue weighted by Crippen LogP contribution is -2.09. The summed E-state index contributed by atoms with van der Waals surface area (Å²) in [4.78, 5) is 0. The molecule has 17 heavy (non-hydrogen) atoms. The van der Waals surface area contributed by atoms with E-state index >= 15 is 0 Å². The summed E-state index contributed by atoms with van der Waals surface area (Å²) in [6.07, 6.45) is -4.41. The molecule has 0 aliphatic rings. The maximum atomic E-state index is 12.7. The molecule has 0 heterocycles. The van der Waals surface area contributed by atoms with Crippen molar-refractivity contribution in [1.29, 1.82) is 0 Å². The molecule has 0 saturated carbocycles. The Morgan fingerprint density at radius 3 is 2.12 bits per heavy atom. The van der Waals surface area contributed by atoms with Gasteiger partial charge in [-0.1, -0.05) is 44.2 Å². The van der Waals surface area contributed by atoms with Crippen LogP contribution in [0.1, 0.15) is 19.4 Å². The topological polar surface area (TPSA) is 26.0 Å². The molecule has 1 nitrogen and oxygen atoms in total. The molecule has 2 rings (SSSR count). The first-order valence-electron chi connectivity index (χ1n) is 5.34. The van der Waals surface area contributed by atoms with E-state index in [1.54, 1.807) is 24.3 Å². The Morgan fingerprint density at radius 1 is 0.941 bits per heavy atom. The number of fused-ring (bicyclic) bond motifs is 1. The highest BCUT2D eigenvalue weighted by atomic mass is 19.4. The van der Waals surface area contributed by atoms with Crippen LogP contribution in [0.3, 0.4) is 0 Å². The molecule has 0 aliphatic carbocycles. The highest BCUT2D eigenvalue weighted by molar-refractivity contribution is 5.90. The molecule has 0 atom stereocenters. The van der Waals surface area contributed by atoms with Gasteiger partial charge in [0.05, 0.1) is 5.56 Å². The first-order chi connectivity index (χ1) is 8.00. The minimum Gasteiger partial charge on any atom is -0.398 e. The Hall–Kier alpha value is -1.71. The second-order valence-corrected chi connectivity index (χ2v) is 3.25. The van der Waals surface area contributed by atoms with Crippen molar-refractivity contribution in [3.05, 3.63) is 42.0 Å². The van der Waals surface area contributed by atoms with Crippen LogP contribution in [0.4, 0.5) is 18.9 Å². The average Bonchev–Trinajstić information content (AvgIpc) is 2.29. The third-order valence-electron chi connectivity index (χ3n) is 2.24. The Bertz CT molecular complexity index is 503. The van der Waals surface area contributed by atoms with E-state index in [2.05, 4.69) is 0 Å². The molecule has 92 valence electrons. The summed E-state index contributed by atoms with van der Waals surface area (Å²) in [5, 5.41) is 0.684. The molecule has 0 amide bonds. The van der Waals surface area contributed by atoms with Crippen LogP contribution in [-0.2, 0) is 6.18 Å². The summed E-state index contributed by atoms with van der Waals surface area (Å²) >= 11 is 0. The minimum absolute atomic E-state index is 0.144. The van der Waals surface area contributed by atoms with Crippen molar-refractivity contribution in [1.82, 2.24) is 0 Å². The number of hydrogen-bond donors (Lipinski definition) is 1. The second-order valence-electron chi connectivity index (χ2n) is 3.25. The van der Waals surface area contributed by atoms with Gasteiger partial charge >= 0.3 is 6.18 Å². The van der Waals surface area contributed by atoms with Crippen LogP contribution in [0.15, 0.2) is 36.4 Å². The molecule has 0 aromatic heterocycles. The maximum absolute atomic E-state index is 12.7. The number of alkyl halides is 3. The number of rotatable bonds is 0. The molecule has 0 fully saturated rings. The fraction of sp³-hybridized carbons (Fsp3) is 0.231. The molecule has 2 aromatic carbocycles. The summed E-state index contributed by atoms with van der Waals surface area (Å²) in [5.41, 5.74) is 4.37. The number of nitrogen functional groups attached to an aromatic ring is 1. The van der Waals surface area contributed by atoms with Crippen molar-refractivity contribution in [2.45, 2.75) is 20.0 Å². The van der Waals surface area contributed by atoms with Crippen LogP contribution >= 0.6 is 0 Å². The summed E-state index contributed by atoms with van der Waals surface area (Å²) in [7, 11) is 0. The molecule has 2 aromatic rings. The number of anilines is 1. The Balaban J connectivity index is 0.000000686. The van der Waals surface area contributed by atoms with E-state index in [0.29, 0.717) is 5.39 Å². The lowest BCUT2D eigenvalue weighted by molar-refractivity contribution is -0.135. The standard InChI is InChI=1S/C11H8F3N.C2H6/c12-11(13,14)10-8-4-2-1-3-7(8)5-6-9(10)15;1-2/h1-6H,15H2;1-2H3. The molecule has 0 bridgehead atoms. The average molecular weight is 241 g/mol. The van der Waals surface area contributed by atoms with E-state index < -0.39 is 11.7 Å². The quantitative estimate of drug-likeness (QED) is 0.677. The van der Waals surface area contributed by atoms with Crippen molar-refractivity contribution < 1.29 is 13.2 Å². The summed E-state index contributed by atoms with van der Waals surface area (Å²) in [5.74, 6) is 0. The zero-order valence-electron chi connectivity index (χ0n) is 9.68. The number of halogens is 3. The molecular formula is C13H14F3N. The van der Waals surface area contributed by atoms with Gasteiger partial charge in [0.2, 0.25) is 0 Å². The van der Waals surface area contributed by atoms with Gasteiger partial charge in [-0.25, -0.2) is 0 Å². The zero-order valence-corrected chi connectivity index (χ0v) is 9.68. The van der Waals surface area contributed by atoms with Crippen molar-refractivity contribution in [2.24, 2.45) is 0 Å². The van der Waals surface area contributed by atoms with Gasteiger partial charge in [0, 0.05) is 5.69 Å². The van der Waals surface area contributed by atoms with Gasteiger partial charge in [0.25, 0.3) is 0 Å². The minimum atomic E-state index is -4.41. The van der Waals surface area contributed by atoms with Gasteiger partial charge in [0.1, 0.15) is 0 Å². The summed E-state index contributed by atoms with van der Waals surface area (Å²) in [6, 6.07) is 9.18. The van der Waals surface area contributed by atoms with Crippen molar-refractivity contribution in [3.8, 4) is 0 Å². The van der Waals surface area contributed by atoms with Crippen LogP contribution in [0.5, 0.6) is 0 Å². The van der Waals surface area contributed by atoms with Gasteiger partial charge in [-0.05, 0) is 16.8 Å². The molecular weight excluding hydrogens is 227 g/mol. The van der Waals surface area contributed by atoms with Crippen molar-refractivity contribution >= 4 is 16.5 Å². The van der Waals surface area contributed by atoms with Crippen LogP contribution < -0.4 is 5.73 Å². The van der Waals surface area contributed by atoms with E-state index in [9.17, 15) is 13.2 Å². The summed E-state index contributed by atoms with van der Waals surface area (Å²) < 4.78 is 38.1. The largest absolute Gasteiger partial charge is 0.418 e. The summed E-state index contributed by atoms with van der Waals surface area (Å²) in [6.45, 7) is 4.00. The molecule has 0 saturated heterocycles. The lowest BCUT2D eigenvalue weighted by atomic mass is 10.0. The maximum Gasteiger partial charge on any atom is 0.418 e. The SMILES string of the molecule is CC.Nc1ccc2ccccc2c1C(F)(F)F. The van der Waals surface area contributed by atoms with Crippen molar-refractivity contribution in [2.75, 3.05) is 5.73 Å². The highest BCUT2D eigenvalue weighted by Crippen LogP contribution is 2.38. The molecule has 4 heteroatoms. The van der Waals surface area contributed by atoms with Gasteiger partial charge in [-0.3, -0.25) is 0 Å². The first-order valence-corrected chi connectivity index (χ1v) is 5.34. The van der Waals surface area contributed by atoms with Gasteiger partial charge < -0.3 is 5.73 Å². The molecule has 0 aliphatic heterocycles. The van der Waals surface area contributed by atoms with E-state index in [0.717, 1.165) is 0 Å². The Kier molecular flexibility index (Phi) is 3.99. The van der Waals surface area contributed by atoms with Gasteiger partial charge in [0.15, 0.2) is 0 Å². The van der Waals surface area contributed by atoms with Crippen LogP contribution in [0, 0.1) is 0 Å². The van der Waals surface area contributed by atoms with Gasteiger partial charge in [-0.15, -0.1) is 0 Å². The Morgan fingerprint density at radius 2 is 1.53 bits per heavy atom. The van der Waals surface area contributed by atoms with E-state index in [-0.39, 0.29) is 11.1 Å². The fourth-order valence-corrected chi connectivity index (χ4v) is 1.60. The third kappa shape index (κ3) is 2.70. The van der Waals surface area contributed by atoms with Crippen LogP contribution in [0.2, 0.25) is 0 Å². The predicted octanol–water partition coefficient (Wildman–Crippen LogP) is 4.47. The molecule has 2 N–H and O–H groups in total. The van der Waals surface area contributed by atoms with Crippen molar-refractivity contribution in [3.63, 3.8) is 0 Å². The number of benzene rings is 2. The molecule has 0 spiro atoms. The first kappa shape index (κ1) is 13.4. The monoisotopic (exact) mass is 241 g/mol. The molecule has 0 unspecified atom stereocenters. The van der Waals surface area contributed by atoms with Gasteiger partial charge in [-0.2, -0.15) is 13.2 Å². The normalized spacial score (nSPS) is 10.9. The smallest absolute Gasteiger partial charge is 0.398 e. The predicted molar refractivity (Wildman–Crippen MR) is 64.7 cm³/mol. The van der Waals surface area contributed by atoms with Crippen LogP contribution in [0.25, 0.3) is 10.8 Å². The van der Waals surface area contributed by atoms with Crippen LogP contribution in [-0.4, -0.2) is 0 Å².